The molecule has 0 aliphatic carbocycles. The Morgan fingerprint density at radius 2 is 1.89 bits per heavy atom. The molecule has 0 aromatic rings. The molecule has 0 N–H and O–H groups in total. The Hall–Kier alpha value is 0.280. The highest BCUT2D eigenvalue weighted by Crippen LogP contribution is 1.79. The van der Waals surface area contributed by atoms with Crippen LogP contribution in [0.15, 0.2) is 12.2 Å². The number of rotatable bonds is 3. The molecule has 3 heteroatoms. The maximum Gasteiger partial charge on any atom is 0.0404 e. The fourth-order valence-electron chi connectivity index (χ4n) is 0.348. The molecule has 0 aliphatic heterocycles. The van der Waals surface area contributed by atoms with Crippen LogP contribution in [0.4, 0.5) is 0 Å². The second kappa shape index (κ2) is 8.28. The third-order valence-corrected chi connectivity index (χ3v) is 0.904. The van der Waals surface area contributed by atoms with Crippen molar-refractivity contribution in [3.63, 3.8) is 0 Å². The van der Waals surface area contributed by atoms with Crippen LogP contribution in [0, 0.1) is 0 Å². The van der Waals surface area contributed by atoms with E-state index in [-0.39, 0.29) is 12.4 Å². The monoisotopic (exact) mass is 169 g/mol. The number of hydrogen-bond donors (Lipinski definition) is 0. The molecule has 0 aromatic carbocycles. The summed E-state index contributed by atoms with van der Waals surface area (Å²) >= 11 is 5.38. The van der Waals surface area contributed by atoms with Gasteiger partial charge in [-0.15, -0.1) is 24.0 Å². The first-order chi connectivity index (χ1) is 3.77. The number of allylic oxidation sites excluding steroid dienone is 1. The van der Waals surface area contributed by atoms with Crippen LogP contribution in [-0.4, -0.2) is 31.4 Å². The minimum absolute atomic E-state index is 0. The van der Waals surface area contributed by atoms with Crippen molar-refractivity contribution in [1.82, 2.24) is 4.90 Å². The van der Waals surface area contributed by atoms with E-state index in [4.69, 9.17) is 11.6 Å². The highest BCUT2D eigenvalue weighted by molar-refractivity contribution is 6.18. The summed E-state index contributed by atoms with van der Waals surface area (Å²) in [6, 6.07) is 0. The predicted octanol–water partition coefficient (Wildman–Crippen LogP) is 1.76. The smallest absolute Gasteiger partial charge is 0.0404 e. The fraction of sp³-hybridized carbons (Fsp3) is 0.667. The van der Waals surface area contributed by atoms with Crippen LogP contribution in [0.3, 0.4) is 0 Å². The van der Waals surface area contributed by atoms with E-state index in [2.05, 4.69) is 4.90 Å². The van der Waals surface area contributed by atoms with Gasteiger partial charge in [-0.3, -0.25) is 0 Å². The third-order valence-electron chi connectivity index (χ3n) is 0.726. The molecule has 0 aromatic heterocycles. The molecule has 0 spiro atoms. The molecule has 0 saturated carbocycles. The van der Waals surface area contributed by atoms with Crippen LogP contribution < -0.4 is 0 Å². The van der Waals surface area contributed by atoms with E-state index in [9.17, 15) is 0 Å². The van der Waals surface area contributed by atoms with Crippen LogP contribution in [0.1, 0.15) is 0 Å². The zero-order valence-electron chi connectivity index (χ0n) is 5.80. The lowest BCUT2D eigenvalue weighted by Crippen LogP contribution is -2.10. The van der Waals surface area contributed by atoms with Crippen LogP contribution in [-0.2, 0) is 0 Å². The van der Waals surface area contributed by atoms with Crippen LogP contribution in [0.2, 0.25) is 0 Å². The molecule has 0 unspecified atom stereocenters. The van der Waals surface area contributed by atoms with Gasteiger partial charge in [-0.2, -0.15) is 0 Å². The zero-order chi connectivity index (χ0) is 6.41. The van der Waals surface area contributed by atoms with Gasteiger partial charge in [0, 0.05) is 12.4 Å². The topological polar surface area (TPSA) is 3.24 Å². The molecule has 0 bridgehead atoms. The summed E-state index contributed by atoms with van der Waals surface area (Å²) in [5.41, 5.74) is 0. The first-order valence-corrected chi connectivity index (χ1v) is 3.16. The average molecular weight is 170 g/mol. The van der Waals surface area contributed by atoms with Crippen molar-refractivity contribution in [2.45, 2.75) is 0 Å². The Labute approximate surface area is 68.1 Å². The van der Waals surface area contributed by atoms with Crippen molar-refractivity contribution in [3.05, 3.63) is 12.2 Å². The second-order valence-corrected chi connectivity index (χ2v) is 2.20. The van der Waals surface area contributed by atoms with Crippen LogP contribution in [0.5, 0.6) is 0 Å². The normalized spacial score (nSPS) is 10.2. The Balaban J connectivity index is 0. The summed E-state index contributed by atoms with van der Waals surface area (Å²) in [4.78, 5) is 2.09. The quantitative estimate of drug-likeness (QED) is 0.460. The van der Waals surface area contributed by atoms with Crippen molar-refractivity contribution >= 4 is 24.0 Å². The van der Waals surface area contributed by atoms with Crippen LogP contribution >= 0.6 is 24.0 Å². The predicted molar refractivity (Wildman–Crippen MR) is 45.7 cm³/mol. The van der Waals surface area contributed by atoms with Gasteiger partial charge in [0.2, 0.25) is 0 Å². The lowest BCUT2D eigenvalue weighted by Gasteiger charge is -2.02. The summed E-state index contributed by atoms with van der Waals surface area (Å²) in [6.45, 7) is 0.979. The van der Waals surface area contributed by atoms with E-state index in [0.29, 0.717) is 5.88 Å². The molecule has 1 nitrogen and oxygen atoms in total. The molecule has 0 aliphatic rings. The first-order valence-electron chi connectivity index (χ1n) is 2.63. The number of hydrogen-bond acceptors (Lipinski definition) is 1. The summed E-state index contributed by atoms with van der Waals surface area (Å²) in [6.07, 6.45) is 3.99. The zero-order valence-corrected chi connectivity index (χ0v) is 7.37. The molecule has 0 heterocycles. The fourth-order valence-corrected chi connectivity index (χ4v) is 0.474. The largest absolute Gasteiger partial charge is 0.306 e. The van der Waals surface area contributed by atoms with Gasteiger partial charge in [0.1, 0.15) is 0 Å². The maximum atomic E-state index is 5.38. The van der Waals surface area contributed by atoms with Crippen molar-refractivity contribution < 1.29 is 0 Å². The number of likely N-dealkylation sites (N-methyl/N-ethyl adjacent to an activating group) is 1. The van der Waals surface area contributed by atoms with Gasteiger partial charge in [-0.1, -0.05) is 12.2 Å². The van der Waals surface area contributed by atoms with Gasteiger partial charge in [0.25, 0.3) is 0 Å². The Morgan fingerprint density at radius 3 is 2.22 bits per heavy atom. The molecule has 0 amide bonds. The molecule has 0 radical (unpaired) electrons. The second-order valence-electron chi connectivity index (χ2n) is 1.89. The van der Waals surface area contributed by atoms with Gasteiger partial charge >= 0.3 is 0 Å². The van der Waals surface area contributed by atoms with E-state index < -0.39 is 0 Å². The highest BCUT2D eigenvalue weighted by atomic mass is 35.5. The Kier molecular flexibility index (Phi) is 11.0. The molecule has 9 heavy (non-hydrogen) atoms. The molecule has 0 rings (SSSR count). The van der Waals surface area contributed by atoms with Crippen molar-refractivity contribution in [2.75, 3.05) is 26.5 Å². The summed E-state index contributed by atoms with van der Waals surface area (Å²) < 4.78 is 0. The van der Waals surface area contributed by atoms with Gasteiger partial charge < -0.3 is 4.90 Å². The third kappa shape index (κ3) is 11.7. The summed E-state index contributed by atoms with van der Waals surface area (Å²) in [7, 11) is 4.05. The molecule has 56 valence electrons. The number of nitrogens with zero attached hydrogens (tertiary/aromatic N) is 1. The molecule has 0 atom stereocenters. The lowest BCUT2D eigenvalue weighted by atomic mass is 10.5. The summed E-state index contributed by atoms with van der Waals surface area (Å²) in [5.74, 6) is 0.619. The van der Waals surface area contributed by atoms with Gasteiger partial charge in [-0.05, 0) is 14.1 Å². The van der Waals surface area contributed by atoms with Gasteiger partial charge in [0.15, 0.2) is 0 Å². The minimum atomic E-state index is 0. The number of halogens is 2. The SMILES string of the molecule is CN(C)C/C=C/CCl.Cl. The first kappa shape index (κ1) is 12.0. The molecular weight excluding hydrogens is 157 g/mol. The van der Waals surface area contributed by atoms with Gasteiger partial charge in [0.05, 0.1) is 0 Å². The Morgan fingerprint density at radius 1 is 1.33 bits per heavy atom. The molecule has 0 fully saturated rings. The standard InChI is InChI=1S/C6H12ClN.ClH/c1-8(2)6-4-3-5-7;/h3-4H,5-6H2,1-2H3;1H/b4-3+;. The molecular formula is C6H13Cl2N. The summed E-state index contributed by atoms with van der Waals surface area (Å²) in [5, 5.41) is 0. The minimum Gasteiger partial charge on any atom is -0.306 e. The van der Waals surface area contributed by atoms with Crippen molar-refractivity contribution in [3.8, 4) is 0 Å². The van der Waals surface area contributed by atoms with E-state index in [0.717, 1.165) is 6.54 Å². The number of alkyl halides is 1. The lowest BCUT2D eigenvalue weighted by molar-refractivity contribution is 0.456. The average Bonchev–Trinajstić information content (AvgIpc) is 1.66. The van der Waals surface area contributed by atoms with E-state index in [1.165, 1.54) is 0 Å². The highest BCUT2D eigenvalue weighted by Gasteiger charge is 1.78. The molecule has 0 saturated heterocycles. The van der Waals surface area contributed by atoms with Crippen LogP contribution in [0.25, 0.3) is 0 Å². The van der Waals surface area contributed by atoms with E-state index in [1.807, 2.05) is 26.2 Å². The van der Waals surface area contributed by atoms with E-state index >= 15 is 0 Å². The van der Waals surface area contributed by atoms with Gasteiger partial charge in [-0.25, -0.2) is 0 Å². The Bertz CT molecular complexity index is 71.5. The van der Waals surface area contributed by atoms with E-state index in [1.54, 1.807) is 0 Å². The van der Waals surface area contributed by atoms with Crippen molar-refractivity contribution in [2.24, 2.45) is 0 Å². The maximum absolute atomic E-state index is 5.38. The van der Waals surface area contributed by atoms with Crippen molar-refractivity contribution in [1.29, 1.82) is 0 Å².